The number of amides is 1. The summed E-state index contributed by atoms with van der Waals surface area (Å²) in [4.78, 5) is 14.9. The fraction of sp³-hybridized carbons (Fsp3) is 0.182. The zero-order valence-electron chi connectivity index (χ0n) is 8.65. The highest BCUT2D eigenvalue weighted by Crippen LogP contribution is 2.16. The van der Waals surface area contributed by atoms with Crippen molar-refractivity contribution in [2.75, 3.05) is 0 Å². The predicted molar refractivity (Wildman–Crippen MR) is 56.2 cm³/mol. The van der Waals surface area contributed by atoms with Gasteiger partial charge in [0.15, 0.2) is 17.5 Å². The predicted octanol–water partition coefficient (Wildman–Crippen LogP) is 1.28. The van der Waals surface area contributed by atoms with Gasteiger partial charge in [0.2, 0.25) is 0 Å². The van der Waals surface area contributed by atoms with E-state index in [2.05, 4.69) is 10.3 Å². The van der Waals surface area contributed by atoms with Gasteiger partial charge < -0.3 is 9.73 Å². The molecule has 2 rings (SSSR count). The largest absolute Gasteiger partial charge is 0.441 e. The van der Waals surface area contributed by atoms with E-state index in [0.717, 1.165) is 11.1 Å². The van der Waals surface area contributed by atoms with E-state index in [4.69, 9.17) is 9.68 Å². The first kappa shape index (κ1) is 10.2. The lowest BCUT2D eigenvalue weighted by molar-refractivity contribution is -0.116. The van der Waals surface area contributed by atoms with E-state index in [-0.39, 0.29) is 0 Å². The minimum atomic E-state index is -0.645. The number of carbonyl (C=O) groups excluding carboxylic acids is 1. The van der Waals surface area contributed by atoms with Crippen molar-refractivity contribution in [2.45, 2.75) is 13.5 Å². The maximum atomic E-state index is 10.7. The molecule has 5 heteroatoms. The number of oxazole rings is 1. The van der Waals surface area contributed by atoms with Crippen LogP contribution in [-0.4, -0.2) is 10.9 Å². The Kier molecular flexibility index (Phi) is 2.56. The van der Waals surface area contributed by atoms with E-state index in [0.29, 0.717) is 18.0 Å². The Bertz CT molecular complexity index is 580. The van der Waals surface area contributed by atoms with Crippen molar-refractivity contribution in [3.05, 3.63) is 29.7 Å². The summed E-state index contributed by atoms with van der Waals surface area (Å²) in [5.74, 6) is -0.0398. The van der Waals surface area contributed by atoms with Crippen molar-refractivity contribution in [2.24, 2.45) is 0 Å². The SMILES string of the molecule is Cc1nc2ccc(CNC(=O)C#N)cc2o1. The van der Waals surface area contributed by atoms with Crippen molar-refractivity contribution >= 4 is 17.0 Å². The third-order valence-electron chi connectivity index (χ3n) is 2.11. The molecule has 1 amide bonds. The van der Waals surface area contributed by atoms with Crippen molar-refractivity contribution in [1.82, 2.24) is 10.3 Å². The molecule has 1 aromatic heterocycles. The van der Waals surface area contributed by atoms with Gasteiger partial charge in [-0.1, -0.05) is 6.07 Å². The zero-order valence-corrected chi connectivity index (χ0v) is 8.65. The lowest BCUT2D eigenvalue weighted by Gasteiger charge is -1.99. The van der Waals surface area contributed by atoms with Crippen LogP contribution < -0.4 is 5.32 Å². The molecule has 0 spiro atoms. The van der Waals surface area contributed by atoms with Crippen molar-refractivity contribution in [1.29, 1.82) is 5.26 Å². The number of hydrogen-bond acceptors (Lipinski definition) is 4. The van der Waals surface area contributed by atoms with Gasteiger partial charge >= 0.3 is 5.91 Å². The molecule has 0 saturated heterocycles. The van der Waals surface area contributed by atoms with Crippen LogP contribution >= 0.6 is 0 Å². The first-order valence-electron chi connectivity index (χ1n) is 4.73. The molecule has 5 nitrogen and oxygen atoms in total. The molecule has 1 N–H and O–H groups in total. The van der Waals surface area contributed by atoms with Crippen LogP contribution in [0.4, 0.5) is 0 Å². The highest BCUT2D eigenvalue weighted by molar-refractivity contribution is 5.91. The molecular weight excluding hydrogens is 206 g/mol. The van der Waals surface area contributed by atoms with Crippen molar-refractivity contribution < 1.29 is 9.21 Å². The second-order valence-corrected chi connectivity index (χ2v) is 3.33. The first-order chi connectivity index (χ1) is 7.69. The Morgan fingerprint density at radius 2 is 2.44 bits per heavy atom. The molecule has 0 radical (unpaired) electrons. The monoisotopic (exact) mass is 215 g/mol. The number of aromatic nitrogens is 1. The summed E-state index contributed by atoms with van der Waals surface area (Å²) in [6.45, 7) is 2.08. The second kappa shape index (κ2) is 4.03. The number of nitriles is 1. The molecule has 16 heavy (non-hydrogen) atoms. The van der Waals surface area contributed by atoms with Gasteiger partial charge in [0.05, 0.1) is 0 Å². The Hall–Kier alpha value is -2.35. The van der Waals surface area contributed by atoms with Crippen LogP contribution in [0.15, 0.2) is 22.6 Å². The van der Waals surface area contributed by atoms with Crippen LogP contribution in [0.25, 0.3) is 11.1 Å². The summed E-state index contributed by atoms with van der Waals surface area (Å²) in [5, 5.41) is 10.8. The third-order valence-corrected chi connectivity index (χ3v) is 2.11. The standard InChI is InChI=1S/C11H9N3O2/c1-7-14-9-3-2-8(4-10(9)16-7)6-13-11(15)5-12/h2-4H,6H2,1H3,(H,13,15). The topological polar surface area (TPSA) is 78.9 Å². The van der Waals surface area contributed by atoms with Gasteiger partial charge in [-0.15, -0.1) is 0 Å². The molecule has 0 aliphatic heterocycles. The summed E-state index contributed by atoms with van der Waals surface area (Å²) in [7, 11) is 0. The number of benzene rings is 1. The van der Waals surface area contributed by atoms with E-state index < -0.39 is 5.91 Å². The maximum Gasteiger partial charge on any atom is 0.322 e. The van der Waals surface area contributed by atoms with E-state index in [1.165, 1.54) is 6.07 Å². The lowest BCUT2D eigenvalue weighted by atomic mass is 10.2. The van der Waals surface area contributed by atoms with Gasteiger partial charge in [-0.05, 0) is 17.7 Å². The van der Waals surface area contributed by atoms with Crippen LogP contribution in [0.1, 0.15) is 11.5 Å². The van der Waals surface area contributed by atoms with Gasteiger partial charge in [0.1, 0.15) is 5.52 Å². The lowest BCUT2D eigenvalue weighted by Crippen LogP contribution is -2.20. The van der Waals surface area contributed by atoms with Crippen LogP contribution in [0.3, 0.4) is 0 Å². The molecule has 80 valence electrons. The van der Waals surface area contributed by atoms with Crippen molar-refractivity contribution in [3.63, 3.8) is 0 Å². The maximum absolute atomic E-state index is 10.7. The number of aryl methyl sites for hydroxylation is 1. The molecule has 0 bridgehead atoms. The molecule has 0 saturated carbocycles. The van der Waals surface area contributed by atoms with Gasteiger partial charge in [-0.2, -0.15) is 5.26 Å². The summed E-state index contributed by atoms with van der Waals surface area (Å²) < 4.78 is 5.35. The van der Waals surface area contributed by atoms with E-state index in [1.54, 1.807) is 13.0 Å². The molecule has 0 unspecified atom stereocenters. The minimum Gasteiger partial charge on any atom is -0.441 e. The van der Waals surface area contributed by atoms with E-state index in [9.17, 15) is 4.79 Å². The fourth-order valence-corrected chi connectivity index (χ4v) is 1.42. The quantitative estimate of drug-likeness (QED) is 0.765. The molecule has 0 aliphatic carbocycles. The number of fused-ring (bicyclic) bond motifs is 1. The fourth-order valence-electron chi connectivity index (χ4n) is 1.42. The van der Waals surface area contributed by atoms with Gasteiger partial charge in [-0.3, -0.25) is 4.79 Å². The zero-order chi connectivity index (χ0) is 11.5. The highest BCUT2D eigenvalue weighted by Gasteiger charge is 2.04. The molecule has 0 atom stereocenters. The average molecular weight is 215 g/mol. The number of nitrogens with one attached hydrogen (secondary N) is 1. The Morgan fingerprint density at radius 3 is 3.19 bits per heavy atom. The van der Waals surface area contributed by atoms with Crippen molar-refractivity contribution in [3.8, 4) is 6.07 Å². The number of hydrogen-bond donors (Lipinski definition) is 1. The van der Waals surface area contributed by atoms with Gasteiger partial charge in [0, 0.05) is 13.5 Å². The molecule has 0 aliphatic rings. The summed E-state index contributed by atoms with van der Waals surface area (Å²) in [5.41, 5.74) is 2.33. The Labute approximate surface area is 91.7 Å². The average Bonchev–Trinajstić information content (AvgIpc) is 2.65. The molecule has 0 fully saturated rings. The normalized spacial score (nSPS) is 10.0. The van der Waals surface area contributed by atoms with Crippen LogP contribution in [0.5, 0.6) is 0 Å². The van der Waals surface area contributed by atoms with Gasteiger partial charge in [-0.25, -0.2) is 4.98 Å². The molecular formula is C11H9N3O2. The van der Waals surface area contributed by atoms with Gasteiger partial charge in [0.25, 0.3) is 0 Å². The van der Waals surface area contributed by atoms with E-state index >= 15 is 0 Å². The summed E-state index contributed by atoms with van der Waals surface area (Å²) >= 11 is 0. The van der Waals surface area contributed by atoms with E-state index in [1.807, 2.05) is 12.1 Å². The summed E-state index contributed by atoms with van der Waals surface area (Å²) in [6.07, 6.45) is 0. The first-order valence-corrected chi connectivity index (χ1v) is 4.73. The smallest absolute Gasteiger partial charge is 0.322 e. The van der Waals surface area contributed by atoms with Crippen LogP contribution in [0.2, 0.25) is 0 Å². The Balaban J connectivity index is 2.20. The Morgan fingerprint density at radius 1 is 1.62 bits per heavy atom. The molecule has 1 heterocycles. The van der Waals surface area contributed by atoms with Crippen LogP contribution in [0, 0.1) is 18.3 Å². The third kappa shape index (κ3) is 2.01. The summed E-state index contributed by atoms with van der Waals surface area (Å²) in [6, 6.07) is 6.94. The molecule has 1 aromatic carbocycles. The molecule has 2 aromatic rings. The minimum absolute atomic E-state index is 0.308. The highest BCUT2D eigenvalue weighted by atomic mass is 16.3. The number of nitrogens with zero attached hydrogens (tertiary/aromatic N) is 2. The second-order valence-electron chi connectivity index (χ2n) is 3.33. The number of carbonyl (C=O) groups is 1. The van der Waals surface area contributed by atoms with Crippen LogP contribution in [-0.2, 0) is 11.3 Å². The number of rotatable bonds is 2.